The molecule has 0 aliphatic rings. The van der Waals surface area contributed by atoms with Crippen LogP contribution in [0.5, 0.6) is 0 Å². The Morgan fingerprint density at radius 2 is 2.21 bits per heavy atom. The van der Waals surface area contributed by atoms with Gasteiger partial charge in [0.25, 0.3) is 0 Å². The molecule has 1 aromatic rings. The van der Waals surface area contributed by atoms with E-state index in [1.165, 1.54) is 0 Å². The highest BCUT2D eigenvalue weighted by atomic mass is 16.3. The standard InChI is InChI=1S/C10H14N2O2/c1-7(6-13)8-4-2-3-5-9(8)12-10(11)14/h2-5,7,13H,6H2,1H3,(H3,11,12,14). The highest BCUT2D eigenvalue weighted by Gasteiger charge is 2.09. The number of aliphatic hydroxyl groups excluding tert-OH is 1. The summed E-state index contributed by atoms with van der Waals surface area (Å²) in [4.78, 5) is 10.7. The largest absolute Gasteiger partial charge is 0.396 e. The summed E-state index contributed by atoms with van der Waals surface area (Å²) in [6.45, 7) is 1.92. The molecule has 4 heteroatoms. The lowest BCUT2D eigenvalue weighted by molar-refractivity contribution is 0.259. The molecule has 14 heavy (non-hydrogen) atoms. The Kier molecular flexibility index (Phi) is 3.48. The van der Waals surface area contributed by atoms with E-state index in [4.69, 9.17) is 10.8 Å². The number of urea groups is 1. The van der Waals surface area contributed by atoms with E-state index in [2.05, 4.69) is 5.32 Å². The van der Waals surface area contributed by atoms with Crippen LogP contribution in [0, 0.1) is 0 Å². The molecule has 0 radical (unpaired) electrons. The molecule has 0 fully saturated rings. The fraction of sp³-hybridized carbons (Fsp3) is 0.300. The molecule has 0 saturated carbocycles. The molecular formula is C10H14N2O2. The van der Waals surface area contributed by atoms with Gasteiger partial charge in [-0.15, -0.1) is 0 Å². The van der Waals surface area contributed by atoms with E-state index < -0.39 is 6.03 Å². The molecule has 1 rings (SSSR count). The van der Waals surface area contributed by atoms with E-state index in [9.17, 15) is 4.79 Å². The number of amides is 2. The van der Waals surface area contributed by atoms with E-state index in [1.807, 2.05) is 19.1 Å². The lowest BCUT2D eigenvalue weighted by atomic mass is 10.0. The number of nitrogens with two attached hydrogens (primary N) is 1. The molecule has 4 N–H and O–H groups in total. The molecule has 0 bridgehead atoms. The molecule has 4 nitrogen and oxygen atoms in total. The molecule has 0 saturated heterocycles. The van der Waals surface area contributed by atoms with Crippen molar-refractivity contribution in [3.8, 4) is 0 Å². The second-order valence-corrected chi connectivity index (χ2v) is 3.16. The third kappa shape index (κ3) is 2.47. The number of para-hydroxylation sites is 1. The van der Waals surface area contributed by atoms with Crippen molar-refractivity contribution in [3.63, 3.8) is 0 Å². The predicted octanol–water partition coefficient (Wildman–Crippen LogP) is 1.27. The first kappa shape index (κ1) is 10.5. The van der Waals surface area contributed by atoms with Gasteiger partial charge >= 0.3 is 6.03 Å². The third-order valence-corrected chi connectivity index (χ3v) is 2.02. The molecule has 2 amide bonds. The van der Waals surface area contributed by atoms with Crippen molar-refractivity contribution in [2.24, 2.45) is 5.73 Å². The van der Waals surface area contributed by atoms with Crippen LogP contribution in [0.25, 0.3) is 0 Å². The molecule has 0 aromatic heterocycles. The van der Waals surface area contributed by atoms with Gasteiger partial charge in [0, 0.05) is 18.2 Å². The van der Waals surface area contributed by atoms with Gasteiger partial charge < -0.3 is 16.2 Å². The van der Waals surface area contributed by atoms with Crippen LogP contribution in [0.15, 0.2) is 24.3 Å². The van der Waals surface area contributed by atoms with E-state index in [-0.39, 0.29) is 12.5 Å². The monoisotopic (exact) mass is 194 g/mol. The lowest BCUT2D eigenvalue weighted by Crippen LogP contribution is -2.20. The van der Waals surface area contributed by atoms with E-state index in [0.717, 1.165) is 5.56 Å². The molecule has 76 valence electrons. The minimum atomic E-state index is -0.595. The first-order chi connectivity index (χ1) is 6.65. The Bertz CT molecular complexity index is 326. The molecule has 1 atom stereocenters. The van der Waals surface area contributed by atoms with Crippen LogP contribution in [0.3, 0.4) is 0 Å². The molecule has 0 spiro atoms. The van der Waals surface area contributed by atoms with E-state index in [0.29, 0.717) is 5.69 Å². The zero-order chi connectivity index (χ0) is 10.6. The smallest absolute Gasteiger partial charge is 0.316 e. The van der Waals surface area contributed by atoms with Crippen LogP contribution in [0.2, 0.25) is 0 Å². The van der Waals surface area contributed by atoms with Gasteiger partial charge in [0.05, 0.1) is 0 Å². The summed E-state index contributed by atoms with van der Waals surface area (Å²) in [5.74, 6) is -0.0157. The highest BCUT2D eigenvalue weighted by Crippen LogP contribution is 2.23. The Morgan fingerprint density at radius 1 is 1.57 bits per heavy atom. The number of primary amides is 1. The topological polar surface area (TPSA) is 75.3 Å². The van der Waals surface area contributed by atoms with E-state index in [1.54, 1.807) is 12.1 Å². The summed E-state index contributed by atoms with van der Waals surface area (Å²) in [6.07, 6.45) is 0. The first-order valence-electron chi connectivity index (χ1n) is 4.41. The average Bonchev–Trinajstić information content (AvgIpc) is 2.16. The molecule has 0 heterocycles. The van der Waals surface area contributed by atoms with Gasteiger partial charge in [0.2, 0.25) is 0 Å². The van der Waals surface area contributed by atoms with Gasteiger partial charge in [-0.25, -0.2) is 4.79 Å². The van der Waals surface area contributed by atoms with Crippen molar-refractivity contribution >= 4 is 11.7 Å². The Balaban J connectivity index is 2.96. The highest BCUT2D eigenvalue weighted by molar-refractivity contribution is 5.88. The minimum Gasteiger partial charge on any atom is -0.396 e. The maximum absolute atomic E-state index is 10.7. The quantitative estimate of drug-likeness (QED) is 0.677. The lowest BCUT2D eigenvalue weighted by Gasteiger charge is -2.13. The van der Waals surface area contributed by atoms with Gasteiger partial charge in [-0.05, 0) is 11.6 Å². The van der Waals surface area contributed by atoms with Gasteiger partial charge in [0.1, 0.15) is 0 Å². The Morgan fingerprint density at radius 3 is 2.79 bits per heavy atom. The number of anilines is 1. The minimum absolute atomic E-state index is 0.0157. The molecule has 1 aromatic carbocycles. The van der Waals surface area contributed by atoms with Crippen LogP contribution in [-0.4, -0.2) is 17.7 Å². The van der Waals surface area contributed by atoms with Crippen molar-refractivity contribution in [1.82, 2.24) is 0 Å². The Labute approximate surface area is 82.7 Å². The fourth-order valence-corrected chi connectivity index (χ4v) is 1.27. The first-order valence-corrected chi connectivity index (χ1v) is 4.41. The number of aliphatic hydroxyl groups is 1. The molecule has 0 aliphatic carbocycles. The SMILES string of the molecule is CC(CO)c1ccccc1NC(N)=O. The van der Waals surface area contributed by atoms with Crippen molar-refractivity contribution in [2.45, 2.75) is 12.8 Å². The van der Waals surface area contributed by atoms with Crippen molar-refractivity contribution in [1.29, 1.82) is 0 Å². The van der Waals surface area contributed by atoms with Gasteiger partial charge in [-0.3, -0.25) is 0 Å². The average molecular weight is 194 g/mol. The van der Waals surface area contributed by atoms with E-state index >= 15 is 0 Å². The van der Waals surface area contributed by atoms with Gasteiger partial charge in [0.15, 0.2) is 0 Å². The predicted molar refractivity (Wildman–Crippen MR) is 55.1 cm³/mol. The summed E-state index contributed by atoms with van der Waals surface area (Å²) in [5, 5.41) is 11.5. The van der Waals surface area contributed by atoms with Crippen molar-refractivity contribution < 1.29 is 9.90 Å². The molecule has 0 aliphatic heterocycles. The second-order valence-electron chi connectivity index (χ2n) is 3.16. The molecule has 1 unspecified atom stereocenters. The number of benzene rings is 1. The molecular weight excluding hydrogens is 180 g/mol. The number of rotatable bonds is 3. The summed E-state index contributed by atoms with van der Waals surface area (Å²) >= 11 is 0. The summed E-state index contributed by atoms with van der Waals surface area (Å²) in [6, 6.07) is 6.67. The summed E-state index contributed by atoms with van der Waals surface area (Å²) in [7, 11) is 0. The van der Waals surface area contributed by atoms with Crippen molar-refractivity contribution in [3.05, 3.63) is 29.8 Å². The van der Waals surface area contributed by atoms with Crippen molar-refractivity contribution in [2.75, 3.05) is 11.9 Å². The van der Waals surface area contributed by atoms with Crippen LogP contribution in [-0.2, 0) is 0 Å². The van der Waals surface area contributed by atoms with Crippen LogP contribution >= 0.6 is 0 Å². The second kappa shape index (κ2) is 4.62. The van der Waals surface area contributed by atoms with Crippen LogP contribution in [0.1, 0.15) is 18.4 Å². The van der Waals surface area contributed by atoms with Gasteiger partial charge in [-0.1, -0.05) is 25.1 Å². The Hall–Kier alpha value is -1.55. The number of nitrogens with one attached hydrogen (secondary N) is 1. The van der Waals surface area contributed by atoms with Gasteiger partial charge in [-0.2, -0.15) is 0 Å². The zero-order valence-electron chi connectivity index (χ0n) is 8.03. The number of carbonyl (C=O) groups excluding carboxylic acids is 1. The summed E-state index contributed by atoms with van der Waals surface area (Å²) in [5.41, 5.74) is 6.56. The summed E-state index contributed by atoms with van der Waals surface area (Å²) < 4.78 is 0. The fourth-order valence-electron chi connectivity index (χ4n) is 1.27. The number of carbonyl (C=O) groups is 1. The van der Waals surface area contributed by atoms with Crippen LogP contribution in [0.4, 0.5) is 10.5 Å². The van der Waals surface area contributed by atoms with Crippen LogP contribution < -0.4 is 11.1 Å². The maximum atomic E-state index is 10.7. The zero-order valence-corrected chi connectivity index (χ0v) is 8.03. The maximum Gasteiger partial charge on any atom is 0.316 e. The normalized spacial score (nSPS) is 12.1. The number of hydrogen-bond acceptors (Lipinski definition) is 2. The number of hydrogen-bond donors (Lipinski definition) is 3. The third-order valence-electron chi connectivity index (χ3n) is 2.02.